The van der Waals surface area contributed by atoms with Crippen molar-refractivity contribution in [2.75, 3.05) is 64.8 Å². The summed E-state index contributed by atoms with van der Waals surface area (Å²) >= 11 is 3.04. The number of carbonyl (C=O) groups excluding carboxylic acids is 1. The normalized spacial score (nSPS) is 52.0. The SMILES string of the molecule is CC1C(O)[C@H](O[C@@H]2OC(CO)[C@H](O)C(O)[C@@H]2O)[C@H](CO)O[C@H]1OC1[C@@H](OCC2O[C@@H](O[C@@H]3C(CO)O[C@@H](O[C@@H]4C(CO)O[C@@H](NC(=O)CBr)[C@@H](C)C4O)[C@@H](C)C3O)[C@H](O)C(O[C@H]3O[C@H](CO)[C@@H](O)C(O)C3O[C@@H]3OC(CO)[C@@H](O[C@@H]4OC(CO)C(O)[C@@H](O)[C@@H]4O)C(O)[C@@H]3C)[C@@H]2O)OC(CO)[C@@H](O)[C@@H]1O. The van der Waals surface area contributed by atoms with Crippen molar-refractivity contribution in [3.63, 3.8) is 0 Å². The highest BCUT2D eigenvalue weighted by molar-refractivity contribution is 9.09. The van der Waals surface area contributed by atoms with E-state index in [9.17, 15) is 127 Å². The second kappa shape index (κ2) is 37.8. The third-order valence-corrected chi connectivity index (χ3v) is 21.1. The van der Waals surface area contributed by atoms with Crippen LogP contribution in [-0.4, -0.2) is 445 Å². The number of hydrogen-bond donors (Lipinski definition) is 25. The van der Waals surface area contributed by atoms with Gasteiger partial charge >= 0.3 is 0 Å². The molecule has 0 saturated carbocycles. The molecule has 43 nitrogen and oxygen atoms in total. The first kappa shape index (κ1) is 86.3. The molecule has 9 rings (SSSR count). The van der Waals surface area contributed by atoms with Crippen molar-refractivity contribution in [1.29, 1.82) is 0 Å². The maximum Gasteiger partial charge on any atom is 0.232 e. The molecule has 45 atom stereocenters. The Morgan fingerprint density at radius 2 is 0.558 bits per heavy atom. The van der Waals surface area contributed by atoms with Gasteiger partial charge in [0.25, 0.3) is 0 Å². The minimum atomic E-state index is -2.36. The molecule has 9 aliphatic heterocycles. The van der Waals surface area contributed by atoms with Crippen molar-refractivity contribution in [2.45, 2.75) is 280 Å². The molecule has 25 N–H and O–H groups in total. The molecule has 104 heavy (non-hydrogen) atoms. The fourth-order valence-electron chi connectivity index (χ4n) is 13.9. The zero-order valence-corrected chi connectivity index (χ0v) is 58.1. The van der Waals surface area contributed by atoms with E-state index >= 15 is 0 Å². The van der Waals surface area contributed by atoms with Gasteiger partial charge in [0.2, 0.25) is 5.91 Å². The quantitative estimate of drug-likeness (QED) is 0.0340. The molecule has 0 aliphatic carbocycles. The number of halogens is 1. The fourth-order valence-corrected chi connectivity index (χ4v) is 14.1. The summed E-state index contributed by atoms with van der Waals surface area (Å²) in [6.07, 6.45) is -74.8. The van der Waals surface area contributed by atoms with Crippen molar-refractivity contribution in [3.8, 4) is 0 Å². The molecule has 0 aromatic rings. The highest BCUT2D eigenvalue weighted by Crippen LogP contribution is 2.42. The summed E-state index contributed by atoms with van der Waals surface area (Å²) in [5.74, 6) is -5.24. The Morgan fingerprint density at radius 1 is 0.279 bits per heavy atom. The van der Waals surface area contributed by atoms with Crippen LogP contribution in [0.2, 0.25) is 0 Å². The number of ether oxygens (including phenoxy) is 17. The summed E-state index contributed by atoms with van der Waals surface area (Å²) in [6.45, 7) is -2.98. The van der Waals surface area contributed by atoms with Crippen LogP contribution in [0.1, 0.15) is 27.7 Å². The molecule has 0 aromatic carbocycles. The molecule has 0 radical (unpaired) electrons. The average molecular weight is 1590 g/mol. The van der Waals surface area contributed by atoms with Crippen LogP contribution >= 0.6 is 15.9 Å². The summed E-state index contributed by atoms with van der Waals surface area (Å²) in [7, 11) is 0. The molecule has 0 aromatic heterocycles. The van der Waals surface area contributed by atoms with Gasteiger partial charge in [-0.2, -0.15) is 0 Å². The fraction of sp³-hybridized carbons (Fsp3) is 0.983. The van der Waals surface area contributed by atoms with Crippen molar-refractivity contribution in [1.82, 2.24) is 5.32 Å². The van der Waals surface area contributed by atoms with E-state index < -0.39 is 341 Å². The van der Waals surface area contributed by atoms with E-state index in [1.54, 1.807) is 0 Å². The third kappa shape index (κ3) is 18.2. The van der Waals surface area contributed by atoms with Crippen LogP contribution in [0.25, 0.3) is 0 Å². The largest absolute Gasteiger partial charge is 0.394 e. The molecule has 9 fully saturated rings. The Balaban J connectivity index is 0.987. The number of nitrogens with one attached hydrogen (secondary N) is 1. The van der Waals surface area contributed by atoms with Crippen LogP contribution in [0.15, 0.2) is 0 Å². The number of rotatable bonds is 27. The van der Waals surface area contributed by atoms with Crippen LogP contribution in [0.3, 0.4) is 0 Å². The molecule has 1 amide bonds. The first-order valence-electron chi connectivity index (χ1n) is 34.1. The zero-order chi connectivity index (χ0) is 76.4. The lowest BCUT2D eigenvalue weighted by molar-refractivity contribution is -0.402. The van der Waals surface area contributed by atoms with Gasteiger partial charge in [-0.1, -0.05) is 43.6 Å². The minimum Gasteiger partial charge on any atom is -0.394 e. The van der Waals surface area contributed by atoms with Gasteiger partial charge in [0.1, 0.15) is 177 Å². The molecule has 18 unspecified atom stereocenters. The molecular weight excluding hydrogens is 1490 g/mol. The van der Waals surface area contributed by atoms with Gasteiger partial charge in [0, 0.05) is 23.7 Å². The van der Waals surface area contributed by atoms with Gasteiger partial charge in [-0.15, -0.1) is 0 Å². The topological polar surface area (TPSA) is 672 Å². The Kier molecular flexibility index (Phi) is 31.3. The van der Waals surface area contributed by atoms with Crippen LogP contribution in [-0.2, 0) is 85.3 Å². The summed E-state index contributed by atoms with van der Waals surface area (Å²) in [5, 5.41) is 266. The smallest absolute Gasteiger partial charge is 0.232 e. The van der Waals surface area contributed by atoms with Gasteiger partial charge in [-0.05, 0) is 0 Å². The van der Waals surface area contributed by atoms with Crippen molar-refractivity contribution >= 4 is 21.8 Å². The standard InChI is InChI=1S/C60H102BrNO42/c1-15-29(72)45(23(10-67)89-52(15)62-28(71)5-61)98-53-16(2)30(73)48(26(13-70)94-53)101-58-44(87)49(102-60-51(41(84)36(79)22(9-66)93-60)104-55-18(4)32(75)47(25(12-69)96-55)100-57-43(86)39(82)34(77)20(7-64)91-57)37(80)27(97-58)14-88-59-50(40(83)35(78)21(8-65)92-59)103-54-17(3)31(74)46(24(11-68)95-54)99-56-42(85)38(81)33(76)19(6-63)90-56/h15-27,29-60,63-70,72-87H,5-14H2,1-4H3,(H,62,71)/t15-,16-,17?,18-,19?,20?,21?,22+,23?,24-,25?,26?,27?,29?,30?,31?,32?,33-,34?,35+,36+,37+,38?,39+,40-,41?,42-,43-,44+,45+,46+,47+,48+,49?,50?,51?,52+,53-,54-,55-,56-,57-,58-,59-,60+/m0/s1. The predicted molar refractivity (Wildman–Crippen MR) is 329 cm³/mol. The predicted octanol–water partition coefficient (Wildman–Crippen LogP) is -15.0. The summed E-state index contributed by atoms with van der Waals surface area (Å²) in [5.41, 5.74) is 0. The van der Waals surface area contributed by atoms with Crippen LogP contribution in [0.4, 0.5) is 0 Å². The maximum absolute atomic E-state index is 12.5. The number of carbonyl (C=O) groups is 1. The zero-order valence-electron chi connectivity index (χ0n) is 56.5. The molecule has 44 heteroatoms. The maximum atomic E-state index is 12.5. The minimum absolute atomic E-state index is 0.127. The lowest BCUT2D eigenvalue weighted by Gasteiger charge is -2.51. The Bertz CT molecular complexity index is 2600. The lowest BCUT2D eigenvalue weighted by Crippen LogP contribution is -2.68. The Hall–Kier alpha value is -1.69. The van der Waals surface area contributed by atoms with Gasteiger partial charge in [0.05, 0.1) is 89.2 Å². The number of alkyl halides is 1. The van der Waals surface area contributed by atoms with Crippen molar-refractivity contribution in [2.24, 2.45) is 23.7 Å². The number of aliphatic hydroxyl groups is 24. The van der Waals surface area contributed by atoms with E-state index in [1.807, 2.05) is 0 Å². The number of amides is 1. The molecule has 9 saturated heterocycles. The van der Waals surface area contributed by atoms with E-state index in [0.29, 0.717) is 0 Å². The van der Waals surface area contributed by atoms with E-state index in [-0.39, 0.29) is 5.33 Å². The summed E-state index contributed by atoms with van der Waals surface area (Å²) in [4.78, 5) is 12.3. The Morgan fingerprint density at radius 3 is 0.933 bits per heavy atom. The van der Waals surface area contributed by atoms with Crippen molar-refractivity contribution < 1.29 is 208 Å². The van der Waals surface area contributed by atoms with Gasteiger partial charge in [0.15, 0.2) is 50.3 Å². The first-order valence-corrected chi connectivity index (χ1v) is 35.2. The molecule has 9 heterocycles. The number of aliphatic hydroxyl groups excluding tert-OH is 24. The van der Waals surface area contributed by atoms with Gasteiger partial charge in [-0.25, -0.2) is 0 Å². The summed E-state index contributed by atoms with van der Waals surface area (Å²) < 4.78 is 102. The van der Waals surface area contributed by atoms with E-state index in [4.69, 9.17) is 80.5 Å². The molecular formula is C60H102BrNO42. The number of hydrogen-bond acceptors (Lipinski definition) is 42. The van der Waals surface area contributed by atoms with Crippen LogP contribution in [0.5, 0.6) is 0 Å². The highest BCUT2D eigenvalue weighted by atomic mass is 79.9. The van der Waals surface area contributed by atoms with Gasteiger partial charge in [-0.3, -0.25) is 4.79 Å². The summed E-state index contributed by atoms with van der Waals surface area (Å²) in [6, 6.07) is 0. The van der Waals surface area contributed by atoms with Crippen LogP contribution < -0.4 is 5.32 Å². The average Bonchev–Trinajstić information content (AvgIpc) is 0.785. The lowest BCUT2D eigenvalue weighted by atomic mass is 9.89. The Labute approximate surface area is 601 Å². The molecule has 0 bridgehead atoms. The van der Waals surface area contributed by atoms with Crippen LogP contribution in [0, 0.1) is 23.7 Å². The second-order valence-electron chi connectivity index (χ2n) is 27.4. The third-order valence-electron chi connectivity index (χ3n) is 20.6. The van der Waals surface area contributed by atoms with Crippen molar-refractivity contribution in [3.05, 3.63) is 0 Å². The molecule has 0 spiro atoms. The van der Waals surface area contributed by atoms with Gasteiger partial charge < -0.3 is 208 Å². The highest BCUT2D eigenvalue weighted by Gasteiger charge is 2.60. The molecule has 9 aliphatic rings. The van der Waals surface area contributed by atoms with E-state index in [2.05, 4.69) is 21.2 Å². The molecule has 606 valence electrons. The van der Waals surface area contributed by atoms with E-state index in [1.165, 1.54) is 27.7 Å². The van der Waals surface area contributed by atoms with E-state index in [0.717, 1.165) is 0 Å². The monoisotopic (exact) mass is 1590 g/mol. The second-order valence-corrected chi connectivity index (χ2v) is 28.0. The first-order chi connectivity index (χ1) is 49.4.